The van der Waals surface area contributed by atoms with Crippen LogP contribution < -0.4 is 33.8 Å². The number of esters is 1. The third-order valence-electron chi connectivity index (χ3n) is 6.00. The molecule has 1 aliphatic rings. The fourth-order valence-electron chi connectivity index (χ4n) is 4.31. The minimum Gasteiger partial charge on any atom is -0.497 e. The molecular weight excluding hydrogens is 576 g/mol. The molecule has 2 aromatic carbocycles. The molecule has 0 fully saturated rings. The van der Waals surface area contributed by atoms with Crippen molar-refractivity contribution in [3.8, 4) is 23.0 Å². The van der Waals surface area contributed by atoms with E-state index in [1.807, 2.05) is 6.07 Å². The van der Waals surface area contributed by atoms with Crippen molar-refractivity contribution in [2.24, 2.45) is 4.99 Å². The number of methoxy groups -OCH3 is 4. The van der Waals surface area contributed by atoms with Gasteiger partial charge < -0.3 is 23.7 Å². The van der Waals surface area contributed by atoms with E-state index >= 15 is 0 Å². The van der Waals surface area contributed by atoms with Gasteiger partial charge in [0.25, 0.3) is 5.56 Å². The highest BCUT2D eigenvalue weighted by atomic mass is 79.9. The first-order chi connectivity index (χ1) is 18.3. The number of ether oxygens (including phenoxy) is 5. The highest BCUT2D eigenvalue weighted by Crippen LogP contribution is 2.38. The summed E-state index contributed by atoms with van der Waals surface area (Å²) in [6.45, 7) is 3.63. The van der Waals surface area contributed by atoms with Gasteiger partial charge in [-0.3, -0.25) is 9.36 Å². The molecule has 2 heterocycles. The van der Waals surface area contributed by atoms with Crippen molar-refractivity contribution in [2.45, 2.75) is 19.9 Å². The number of nitrogens with zero attached hydrogens (tertiary/aromatic N) is 2. The largest absolute Gasteiger partial charge is 0.497 e. The van der Waals surface area contributed by atoms with Crippen molar-refractivity contribution < 1.29 is 28.5 Å². The molecule has 0 spiro atoms. The second kappa shape index (κ2) is 11.4. The fraction of sp³-hybridized carbons (Fsp3) is 0.296. The molecule has 0 N–H and O–H groups in total. The summed E-state index contributed by atoms with van der Waals surface area (Å²) in [4.78, 5) is 32.2. The summed E-state index contributed by atoms with van der Waals surface area (Å²) in [5.41, 5.74) is 1.69. The zero-order valence-corrected chi connectivity index (χ0v) is 24.2. The Balaban J connectivity index is 2.00. The van der Waals surface area contributed by atoms with Gasteiger partial charge in [-0.15, -0.1) is 0 Å². The van der Waals surface area contributed by atoms with Crippen molar-refractivity contribution in [2.75, 3.05) is 35.0 Å². The van der Waals surface area contributed by atoms with Crippen LogP contribution in [0.1, 0.15) is 31.0 Å². The first-order valence-corrected chi connectivity index (χ1v) is 13.2. The number of hydrogen-bond acceptors (Lipinski definition) is 9. The Morgan fingerprint density at radius 2 is 1.82 bits per heavy atom. The Hall–Kier alpha value is -3.57. The van der Waals surface area contributed by atoms with Crippen LogP contribution in [0.3, 0.4) is 0 Å². The van der Waals surface area contributed by atoms with Crippen molar-refractivity contribution in [3.05, 3.63) is 76.9 Å². The molecule has 0 radical (unpaired) electrons. The normalized spacial score (nSPS) is 15.0. The van der Waals surface area contributed by atoms with Gasteiger partial charge in [0.15, 0.2) is 16.3 Å². The van der Waals surface area contributed by atoms with Gasteiger partial charge in [-0.2, -0.15) is 0 Å². The number of carbonyl (C=O) groups is 1. The van der Waals surface area contributed by atoms with E-state index in [0.717, 1.165) is 5.56 Å². The van der Waals surface area contributed by atoms with Gasteiger partial charge in [0.05, 0.1) is 55.3 Å². The molecule has 3 aromatic rings. The van der Waals surface area contributed by atoms with E-state index in [1.165, 1.54) is 23.0 Å². The van der Waals surface area contributed by atoms with Gasteiger partial charge in [0.2, 0.25) is 0 Å². The smallest absolute Gasteiger partial charge is 0.338 e. The van der Waals surface area contributed by atoms with Gasteiger partial charge in [0.1, 0.15) is 17.5 Å². The van der Waals surface area contributed by atoms with Crippen LogP contribution in [0.2, 0.25) is 0 Å². The SMILES string of the molecule is CCOC(=O)C1=C(C)N=c2s/c(=C\c3cc(Br)c(OC)c(OC)c3)c(=O)n2[C@H]1c1cc(OC)ccc1OC. The van der Waals surface area contributed by atoms with E-state index in [0.29, 0.717) is 48.1 Å². The van der Waals surface area contributed by atoms with Gasteiger partial charge in [0, 0.05) is 5.56 Å². The lowest BCUT2D eigenvalue weighted by Crippen LogP contribution is -2.40. The molecule has 0 bridgehead atoms. The Bertz CT molecular complexity index is 1610. The van der Waals surface area contributed by atoms with Crippen LogP contribution in [0.4, 0.5) is 0 Å². The van der Waals surface area contributed by atoms with E-state index in [4.69, 9.17) is 23.7 Å². The highest BCUT2D eigenvalue weighted by molar-refractivity contribution is 9.10. The van der Waals surface area contributed by atoms with Crippen molar-refractivity contribution in [1.29, 1.82) is 0 Å². The maximum absolute atomic E-state index is 13.9. The number of benzene rings is 2. The van der Waals surface area contributed by atoms with Gasteiger partial charge >= 0.3 is 5.97 Å². The molecule has 9 nitrogen and oxygen atoms in total. The third-order valence-corrected chi connectivity index (χ3v) is 7.57. The predicted octanol–water partition coefficient (Wildman–Crippen LogP) is 3.60. The van der Waals surface area contributed by atoms with Crippen LogP contribution in [-0.2, 0) is 9.53 Å². The molecular formula is C27H27BrN2O7S. The van der Waals surface area contributed by atoms with Gasteiger partial charge in [-0.25, -0.2) is 9.79 Å². The summed E-state index contributed by atoms with van der Waals surface area (Å²) in [5, 5.41) is 0. The zero-order chi connectivity index (χ0) is 27.6. The molecule has 11 heteroatoms. The summed E-state index contributed by atoms with van der Waals surface area (Å²) in [6, 6.07) is 8.01. The van der Waals surface area contributed by atoms with E-state index in [2.05, 4.69) is 20.9 Å². The molecule has 200 valence electrons. The molecule has 0 amide bonds. The molecule has 4 rings (SSSR count). The molecule has 1 aliphatic heterocycles. The van der Waals surface area contributed by atoms with Crippen molar-refractivity contribution in [3.63, 3.8) is 0 Å². The first kappa shape index (κ1) is 27.5. The first-order valence-electron chi connectivity index (χ1n) is 11.6. The number of thiazole rings is 1. The molecule has 0 aliphatic carbocycles. The molecule has 0 saturated carbocycles. The quantitative estimate of drug-likeness (QED) is 0.363. The maximum Gasteiger partial charge on any atom is 0.338 e. The van der Waals surface area contributed by atoms with Crippen molar-refractivity contribution in [1.82, 2.24) is 4.57 Å². The fourth-order valence-corrected chi connectivity index (χ4v) is 5.98. The zero-order valence-electron chi connectivity index (χ0n) is 21.8. The number of aromatic nitrogens is 1. The Labute approximate surface area is 231 Å². The number of halogens is 1. The van der Waals surface area contributed by atoms with E-state index < -0.39 is 12.0 Å². The van der Waals surface area contributed by atoms with E-state index in [-0.39, 0.29) is 17.7 Å². The number of carbonyl (C=O) groups excluding carboxylic acids is 1. The monoisotopic (exact) mass is 602 g/mol. The minimum atomic E-state index is -0.838. The number of hydrogen-bond donors (Lipinski definition) is 0. The molecule has 1 atom stereocenters. The van der Waals surface area contributed by atoms with Crippen molar-refractivity contribution >= 4 is 39.3 Å². The average Bonchev–Trinajstić information content (AvgIpc) is 3.21. The highest BCUT2D eigenvalue weighted by Gasteiger charge is 2.35. The molecule has 1 aromatic heterocycles. The van der Waals surface area contributed by atoms with Crippen LogP contribution in [0.25, 0.3) is 6.08 Å². The standard InChI is InChI=1S/C27H27BrN2O7S/c1-7-37-26(32)22-14(2)29-27-30(23(22)17-13-16(33-3)8-9-19(17)34-4)25(31)21(38-27)12-15-10-18(28)24(36-6)20(11-15)35-5/h8-13,23H,7H2,1-6H3/b21-12-/t23-/m0/s1. The van der Waals surface area contributed by atoms with E-state index in [1.54, 1.807) is 65.5 Å². The summed E-state index contributed by atoms with van der Waals surface area (Å²) in [5.74, 6) is 1.55. The lowest BCUT2D eigenvalue weighted by molar-refractivity contribution is -0.139. The van der Waals surface area contributed by atoms with Crippen LogP contribution in [0.5, 0.6) is 23.0 Å². The van der Waals surface area contributed by atoms with E-state index in [9.17, 15) is 9.59 Å². The summed E-state index contributed by atoms with van der Waals surface area (Å²) in [7, 11) is 6.18. The lowest BCUT2D eigenvalue weighted by atomic mass is 9.94. The lowest BCUT2D eigenvalue weighted by Gasteiger charge is -2.26. The third kappa shape index (κ3) is 4.95. The Morgan fingerprint density at radius 1 is 1.08 bits per heavy atom. The van der Waals surface area contributed by atoms with Gasteiger partial charge in [-0.1, -0.05) is 11.3 Å². The minimum absolute atomic E-state index is 0.177. The van der Waals surface area contributed by atoms with Crippen LogP contribution in [0.15, 0.2) is 55.9 Å². The summed E-state index contributed by atoms with van der Waals surface area (Å²) < 4.78 is 29.9. The number of allylic oxidation sites excluding steroid dienone is 1. The average molecular weight is 603 g/mol. The maximum atomic E-state index is 13.9. The number of rotatable bonds is 8. The summed E-state index contributed by atoms with van der Waals surface area (Å²) >= 11 is 4.72. The summed E-state index contributed by atoms with van der Waals surface area (Å²) in [6.07, 6.45) is 1.75. The topological polar surface area (TPSA) is 97.6 Å². The van der Waals surface area contributed by atoms with Crippen LogP contribution >= 0.6 is 27.3 Å². The van der Waals surface area contributed by atoms with Crippen LogP contribution in [-0.4, -0.2) is 45.6 Å². The molecule has 38 heavy (non-hydrogen) atoms. The predicted molar refractivity (Wildman–Crippen MR) is 147 cm³/mol. The molecule has 0 unspecified atom stereocenters. The van der Waals surface area contributed by atoms with Gasteiger partial charge in [-0.05, 0) is 71.7 Å². The second-order valence-electron chi connectivity index (χ2n) is 8.15. The van der Waals surface area contributed by atoms with Crippen LogP contribution in [0, 0.1) is 0 Å². The Kier molecular flexibility index (Phi) is 8.27. The Morgan fingerprint density at radius 3 is 2.45 bits per heavy atom. The second-order valence-corrected chi connectivity index (χ2v) is 10.0. The number of fused-ring (bicyclic) bond motifs is 1. The molecule has 0 saturated heterocycles.